The topological polar surface area (TPSA) is 104 Å². The summed E-state index contributed by atoms with van der Waals surface area (Å²) >= 11 is 0. The van der Waals surface area contributed by atoms with Gasteiger partial charge in [-0.3, -0.25) is 9.78 Å². The number of pyridine rings is 1. The predicted octanol–water partition coefficient (Wildman–Crippen LogP) is 4.90. The summed E-state index contributed by atoms with van der Waals surface area (Å²) in [4.78, 5) is 16.9. The first-order valence-electron chi connectivity index (χ1n) is 11.6. The summed E-state index contributed by atoms with van der Waals surface area (Å²) < 4.78 is 12.9. The zero-order chi connectivity index (χ0) is 24.9. The van der Waals surface area contributed by atoms with E-state index < -0.39 is 0 Å². The molecule has 0 unspecified atom stereocenters. The third-order valence-corrected chi connectivity index (χ3v) is 5.45. The van der Waals surface area contributed by atoms with Crippen LogP contribution < -0.4 is 14.8 Å². The molecule has 0 bridgehead atoms. The van der Waals surface area contributed by atoms with Gasteiger partial charge in [-0.25, -0.2) is 0 Å². The van der Waals surface area contributed by atoms with E-state index >= 15 is 0 Å². The summed E-state index contributed by atoms with van der Waals surface area (Å²) in [5.41, 5.74) is 4.32. The molecule has 3 aromatic heterocycles. The van der Waals surface area contributed by atoms with Crippen LogP contribution in [0.5, 0.6) is 11.5 Å². The molecule has 1 N–H and O–H groups in total. The van der Waals surface area contributed by atoms with Gasteiger partial charge < -0.3 is 14.8 Å². The number of hydrogen-bond donors (Lipinski definition) is 1. The van der Waals surface area contributed by atoms with Crippen LogP contribution in [0.25, 0.3) is 28.3 Å². The van der Waals surface area contributed by atoms with Crippen molar-refractivity contribution in [3.05, 3.63) is 84.7 Å². The Morgan fingerprint density at radius 1 is 0.833 bits per heavy atom. The van der Waals surface area contributed by atoms with Crippen LogP contribution in [0.15, 0.2) is 79.1 Å². The highest BCUT2D eigenvalue weighted by molar-refractivity contribution is 6.04. The molecular weight excluding hydrogens is 456 g/mol. The summed E-state index contributed by atoms with van der Waals surface area (Å²) in [6.45, 7) is 4.79. The zero-order valence-corrected chi connectivity index (χ0v) is 19.9. The molecule has 9 nitrogen and oxygen atoms in total. The number of aromatic nitrogens is 5. The summed E-state index contributed by atoms with van der Waals surface area (Å²) in [6, 6.07) is 20.1. The number of ether oxygens (including phenoxy) is 2. The van der Waals surface area contributed by atoms with Gasteiger partial charge in [0.25, 0.3) is 5.91 Å². The number of amides is 1. The number of carbonyl (C=O) groups is 1. The Morgan fingerprint density at radius 3 is 2.33 bits per heavy atom. The van der Waals surface area contributed by atoms with Crippen molar-refractivity contribution in [1.82, 2.24) is 24.8 Å². The number of benzene rings is 2. The van der Waals surface area contributed by atoms with Crippen molar-refractivity contribution < 1.29 is 14.3 Å². The molecule has 0 atom stereocenters. The lowest BCUT2D eigenvalue weighted by Crippen LogP contribution is -2.12. The number of fused-ring (bicyclic) bond motifs is 1. The van der Waals surface area contributed by atoms with Crippen LogP contribution in [0.4, 0.5) is 5.69 Å². The van der Waals surface area contributed by atoms with Gasteiger partial charge in [0.2, 0.25) is 0 Å². The SMILES string of the molecule is CCOc1ccc(C(=O)Nc2ccc(-c3ccc4nnc(-c5ccncc5)n4n3)cc2)cc1OCC. The number of hydrogen-bond acceptors (Lipinski definition) is 7. The van der Waals surface area contributed by atoms with E-state index in [0.29, 0.717) is 47.4 Å². The van der Waals surface area contributed by atoms with E-state index in [2.05, 4.69) is 20.5 Å². The van der Waals surface area contributed by atoms with Gasteiger partial charge >= 0.3 is 0 Å². The second kappa shape index (κ2) is 10.2. The van der Waals surface area contributed by atoms with E-state index in [0.717, 1.165) is 16.8 Å². The molecule has 0 aliphatic rings. The van der Waals surface area contributed by atoms with E-state index in [1.165, 1.54) is 0 Å². The lowest BCUT2D eigenvalue weighted by atomic mass is 10.1. The van der Waals surface area contributed by atoms with Crippen molar-refractivity contribution >= 4 is 17.2 Å². The van der Waals surface area contributed by atoms with Crippen molar-refractivity contribution in [3.8, 4) is 34.1 Å². The van der Waals surface area contributed by atoms with E-state index in [1.54, 1.807) is 35.1 Å². The average molecular weight is 481 g/mol. The van der Waals surface area contributed by atoms with Gasteiger partial charge in [0, 0.05) is 34.8 Å². The Labute approximate surface area is 207 Å². The van der Waals surface area contributed by atoms with Crippen molar-refractivity contribution in [1.29, 1.82) is 0 Å². The molecule has 0 saturated heterocycles. The first-order valence-corrected chi connectivity index (χ1v) is 11.6. The normalized spacial score (nSPS) is 10.8. The summed E-state index contributed by atoms with van der Waals surface area (Å²) in [5, 5.41) is 16.1. The van der Waals surface area contributed by atoms with Crippen LogP contribution in [-0.4, -0.2) is 43.9 Å². The Bertz CT molecular complexity index is 1500. The molecule has 2 aromatic carbocycles. The van der Waals surface area contributed by atoms with E-state index in [1.807, 2.05) is 62.4 Å². The van der Waals surface area contributed by atoms with Crippen molar-refractivity contribution in [3.63, 3.8) is 0 Å². The van der Waals surface area contributed by atoms with Crippen LogP contribution in [0.1, 0.15) is 24.2 Å². The summed E-state index contributed by atoms with van der Waals surface area (Å²) in [6.07, 6.45) is 3.41. The zero-order valence-electron chi connectivity index (χ0n) is 19.9. The Hall–Kier alpha value is -4.79. The van der Waals surface area contributed by atoms with Crippen molar-refractivity contribution in [2.45, 2.75) is 13.8 Å². The van der Waals surface area contributed by atoms with Crippen LogP contribution in [0.3, 0.4) is 0 Å². The quantitative estimate of drug-likeness (QED) is 0.337. The maximum Gasteiger partial charge on any atom is 0.255 e. The van der Waals surface area contributed by atoms with Crippen LogP contribution in [0.2, 0.25) is 0 Å². The number of carbonyl (C=O) groups excluding carboxylic acids is 1. The van der Waals surface area contributed by atoms with Gasteiger partial charge in [-0.05, 0) is 68.4 Å². The van der Waals surface area contributed by atoms with Gasteiger partial charge in [-0.15, -0.1) is 10.2 Å². The molecule has 0 aliphatic carbocycles. The Morgan fingerprint density at radius 2 is 1.58 bits per heavy atom. The Balaban J connectivity index is 1.35. The van der Waals surface area contributed by atoms with E-state index in [9.17, 15) is 4.79 Å². The van der Waals surface area contributed by atoms with Crippen molar-refractivity contribution in [2.24, 2.45) is 0 Å². The molecule has 0 radical (unpaired) electrons. The molecule has 9 heteroatoms. The van der Waals surface area contributed by atoms with E-state index in [4.69, 9.17) is 14.6 Å². The van der Waals surface area contributed by atoms with Gasteiger partial charge in [-0.2, -0.15) is 9.61 Å². The largest absolute Gasteiger partial charge is 0.490 e. The number of anilines is 1. The fourth-order valence-electron chi connectivity index (χ4n) is 3.74. The highest BCUT2D eigenvalue weighted by Gasteiger charge is 2.13. The molecule has 0 saturated carbocycles. The standard InChI is InChI=1S/C27H24N6O3/c1-3-35-23-11-7-20(17-24(23)36-4-2)27(34)29-21-8-5-18(6-9-21)22-10-12-25-30-31-26(33(25)32-22)19-13-15-28-16-14-19/h5-17H,3-4H2,1-2H3,(H,29,34). The minimum Gasteiger partial charge on any atom is -0.490 e. The van der Waals surface area contributed by atoms with Gasteiger partial charge in [0.05, 0.1) is 18.9 Å². The molecule has 5 aromatic rings. The highest BCUT2D eigenvalue weighted by Crippen LogP contribution is 2.29. The fraction of sp³-hybridized carbons (Fsp3) is 0.148. The third kappa shape index (κ3) is 4.72. The fourth-order valence-corrected chi connectivity index (χ4v) is 3.74. The van der Waals surface area contributed by atoms with Crippen LogP contribution in [0, 0.1) is 0 Å². The number of rotatable bonds is 8. The lowest BCUT2D eigenvalue weighted by molar-refractivity contribution is 0.102. The molecular formula is C27H24N6O3. The summed E-state index contributed by atoms with van der Waals surface area (Å²) in [5.74, 6) is 1.56. The van der Waals surface area contributed by atoms with Crippen molar-refractivity contribution in [2.75, 3.05) is 18.5 Å². The molecule has 36 heavy (non-hydrogen) atoms. The first-order chi connectivity index (χ1) is 17.7. The van der Waals surface area contributed by atoms with Crippen LogP contribution in [-0.2, 0) is 0 Å². The second-order valence-corrected chi connectivity index (χ2v) is 7.81. The number of nitrogens with zero attached hydrogens (tertiary/aromatic N) is 5. The average Bonchev–Trinajstić information content (AvgIpc) is 3.34. The molecule has 5 rings (SSSR count). The molecule has 0 fully saturated rings. The molecule has 180 valence electrons. The van der Waals surface area contributed by atoms with Gasteiger partial charge in [0.15, 0.2) is 23.0 Å². The smallest absolute Gasteiger partial charge is 0.255 e. The first kappa shape index (κ1) is 23.0. The van der Waals surface area contributed by atoms with Gasteiger partial charge in [-0.1, -0.05) is 12.1 Å². The summed E-state index contributed by atoms with van der Waals surface area (Å²) in [7, 11) is 0. The molecule has 0 aliphatic heterocycles. The number of nitrogens with one attached hydrogen (secondary N) is 1. The highest BCUT2D eigenvalue weighted by atomic mass is 16.5. The molecule has 1 amide bonds. The van der Waals surface area contributed by atoms with Crippen LogP contribution >= 0.6 is 0 Å². The maximum absolute atomic E-state index is 12.8. The maximum atomic E-state index is 12.8. The predicted molar refractivity (Wildman–Crippen MR) is 136 cm³/mol. The second-order valence-electron chi connectivity index (χ2n) is 7.81. The molecule has 3 heterocycles. The lowest BCUT2D eigenvalue weighted by Gasteiger charge is -2.12. The molecule has 0 spiro atoms. The Kier molecular flexibility index (Phi) is 6.53. The third-order valence-electron chi connectivity index (χ3n) is 5.45. The minimum absolute atomic E-state index is 0.238. The van der Waals surface area contributed by atoms with Gasteiger partial charge in [0.1, 0.15) is 0 Å². The minimum atomic E-state index is -0.238. The monoisotopic (exact) mass is 480 g/mol. The van der Waals surface area contributed by atoms with E-state index in [-0.39, 0.29) is 5.91 Å².